The van der Waals surface area contributed by atoms with Gasteiger partial charge in [-0.05, 0) is 48.4 Å². The highest BCUT2D eigenvalue weighted by atomic mass is 32.2. The molecule has 0 aliphatic carbocycles. The van der Waals surface area contributed by atoms with E-state index >= 15 is 0 Å². The minimum atomic E-state index is -0.0404. The Balaban J connectivity index is 0.000000255. The number of benzene rings is 1. The van der Waals surface area contributed by atoms with Gasteiger partial charge in [0, 0.05) is 43.8 Å². The molecular weight excluding hydrogens is 472 g/mol. The van der Waals surface area contributed by atoms with Gasteiger partial charge in [-0.3, -0.25) is 15.3 Å². The van der Waals surface area contributed by atoms with Gasteiger partial charge in [-0.25, -0.2) is 4.98 Å². The predicted molar refractivity (Wildman–Crippen MR) is 150 cm³/mol. The number of aromatic hydroxyl groups is 1. The van der Waals surface area contributed by atoms with Crippen molar-refractivity contribution in [1.82, 2.24) is 25.9 Å². The van der Waals surface area contributed by atoms with Crippen LogP contribution in [0.25, 0.3) is 0 Å². The van der Waals surface area contributed by atoms with E-state index in [2.05, 4.69) is 69.7 Å². The van der Waals surface area contributed by atoms with Crippen molar-refractivity contribution in [2.45, 2.75) is 59.1 Å². The molecule has 1 aromatic carbocycles. The fourth-order valence-corrected chi connectivity index (χ4v) is 4.64. The second-order valence-electron chi connectivity index (χ2n) is 9.64. The van der Waals surface area contributed by atoms with Crippen LogP contribution in [0.2, 0.25) is 0 Å². The van der Waals surface area contributed by atoms with Crippen molar-refractivity contribution >= 4 is 23.6 Å². The number of nitrogens with zero attached hydrogens (tertiary/aromatic N) is 4. The van der Waals surface area contributed by atoms with E-state index in [9.17, 15) is 5.11 Å². The van der Waals surface area contributed by atoms with E-state index in [0.717, 1.165) is 65.9 Å². The van der Waals surface area contributed by atoms with Crippen LogP contribution in [0.15, 0.2) is 22.4 Å². The molecule has 0 amide bonds. The summed E-state index contributed by atoms with van der Waals surface area (Å²) >= 11 is 1.79. The summed E-state index contributed by atoms with van der Waals surface area (Å²) in [5.41, 5.74) is 6.60. The van der Waals surface area contributed by atoms with Crippen LogP contribution < -0.4 is 16.0 Å². The van der Waals surface area contributed by atoms with Crippen LogP contribution in [-0.2, 0) is 17.6 Å². The highest BCUT2D eigenvalue weighted by Gasteiger charge is 2.22. The van der Waals surface area contributed by atoms with Crippen LogP contribution in [0.1, 0.15) is 54.4 Å². The molecule has 0 saturated carbocycles. The van der Waals surface area contributed by atoms with Crippen molar-refractivity contribution in [3.05, 3.63) is 46.0 Å². The normalized spacial score (nSPS) is 13.3. The summed E-state index contributed by atoms with van der Waals surface area (Å²) in [4.78, 5) is 15.6. The first-order valence-electron chi connectivity index (χ1n) is 12.1. The molecule has 1 aromatic heterocycles. The third-order valence-corrected chi connectivity index (χ3v) is 6.88. The van der Waals surface area contributed by atoms with Gasteiger partial charge in [-0.15, -0.1) is 0 Å². The van der Waals surface area contributed by atoms with Gasteiger partial charge in [0.1, 0.15) is 11.6 Å². The Bertz CT molecular complexity index is 1110. The van der Waals surface area contributed by atoms with Crippen LogP contribution in [0.4, 0.5) is 0 Å². The molecule has 9 nitrogen and oxygen atoms in total. The summed E-state index contributed by atoms with van der Waals surface area (Å²) in [5, 5.41) is 27.7. The monoisotopic (exact) mass is 512 g/mol. The molecule has 0 saturated heterocycles. The number of aliphatic imine (C=N–C) groups is 2. The standard InChI is InChI=1S/C16H24N2O.C10H16N6S/c1-10-8-13(16(3,4)5)15(19)11(2)12(10)9-14-17-6-7-18-14;1-8-9(16-7-15-8)5-17-4-3-13-10(12-2)14-6-11/h8,19H,6-7,9H2,1-5H3,(H,17,18);7H,3-5H2,1-2H3,(H,15,16)(H2,12,13,14). The highest BCUT2D eigenvalue weighted by Crippen LogP contribution is 2.36. The smallest absolute Gasteiger partial charge is 0.204 e. The number of thioether (sulfide) groups is 1. The molecule has 0 fully saturated rings. The topological polar surface area (TPSA) is 134 Å². The Hall–Kier alpha value is -3.19. The summed E-state index contributed by atoms with van der Waals surface area (Å²) in [6.45, 7) is 15.1. The van der Waals surface area contributed by atoms with E-state index in [4.69, 9.17) is 5.26 Å². The fraction of sp³-hybridized carbons (Fsp3) is 0.538. The van der Waals surface area contributed by atoms with E-state index in [1.807, 2.05) is 20.0 Å². The number of hydrogen-bond acceptors (Lipinski definition) is 7. The molecule has 196 valence electrons. The Kier molecular flexibility index (Phi) is 11.1. The number of amidine groups is 1. The third kappa shape index (κ3) is 8.48. The first kappa shape index (κ1) is 29.0. The summed E-state index contributed by atoms with van der Waals surface area (Å²) in [6, 6.07) is 2.12. The van der Waals surface area contributed by atoms with E-state index < -0.39 is 0 Å². The molecule has 2 aromatic rings. The van der Waals surface area contributed by atoms with Crippen molar-refractivity contribution in [3.63, 3.8) is 0 Å². The van der Waals surface area contributed by atoms with Crippen molar-refractivity contribution < 1.29 is 5.11 Å². The Morgan fingerprint density at radius 1 is 1.31 bits per heavy atom. The molecule has 3 rings (SSSR count). The Morgan fingerprint density at radius 2 is 2.06 bits per heavy atom. The first-order chi connectivity index (χ1) is 17.1. The number of hydrogen-bond donors (Lipinski definition) is 5. The molecule has 0 atom stereocenters. The SMILES string of the molecule is CN=C(NC#N)NCCSCc1nc[nH]c1C.Cc1cc(C(C)(C)C)c(O)c(C)c1CC1=NCCN1. The minimum Gasteiger partial charge on any atom is -0.507 e. The molecule has 36 heavy (non-hydrogen) atoms. The zero-order valence-corrected chi connectivity index (χ0v) is 23.4. The van der Waals surface area contributed by atoms with Gasteiger partial charge in [0.15, 0.2) is 6.19 Å². The number of aryl methyl sites for hydroxylation is 2. The molecule has 10 heteroatoms. The van der Waals surface area contributed by atoms with Gasteiger partial charge in [-0.2, -0.15) is 17.0 Å². The van der Waals surface area contributed by atoms with Crippen LogP contribution >= 0.6 is 11.8 Å². The number of nitriles is 1. The van der Waals surface area contributed by atoms with Crippen LogP contribution in [0.3, 0.4) is 0 Å². The summed E-state index contributed by atoms with van der Waals surface area (Å²) in [6.07, 6.45) is 4.32. The fourth-order valence-electron chi connectivity index (χ4n) is 3.76. The molecule has 2 heterocycles. The molecule has 0 unspecified atom stereocenters. The van der Waals surface area contributed by atoms with Crippen molar-refractivity contribution in [2.24, 2.45) is 9.98 Å². The van der Waals surface area contributed by atoms with E-state index in [1.165, 1.54) is 11.1 Å². The largest absolute Gasteiger partial charge is 0.507 e. The van der Waals surface area contributed by atoms with Crippen LogP contribution in [-0.4, -0.2) is 59.3 Å². The maximum Gasteiger partial charge on any atom is 0.204 e. The van der Waals surface area contributed by atoms with Crippen LogP contribution in [0.5, 0.6) is 5.75 Å². The van der Waals surface area contributed by atoms with Crippen molar-refractivity contribution in [2.75, 3.05) is 32.4 Å². The first-order valence-corrected chi connectivity index (χ1v) is 13.3. The number of rotatable bonds is 7. The molecule has 0 radical (unpaired) electrons. The molecule has 0 bridgehead atoms. The number of H-pyrrole nitrogens is 1. The average Bonchev–Trinajstić information content (AvgIpc) is 3.49. The zero-order valence-electron chi connectivity index (χ0n) is 22.5. The average molecular weight is 513 g/mol. The quantitative estimate of drug-likeness (QED) is 0.126. The van der Waals surface area contributed by atoms with Gasteiger partial charge in [-0.1, -0.05) is 26.8 Å². The maximum atomic E-state index is 10.5. The second kappa shape index (κ2) is 13.8. The Labute approximate surface area is 219 Å². The van der Waals surface area contributed by atoms with Crippen molar-refractivity contribution in [1.29, 1.82) is 5.26 Å². The number of aromatic nitrogens is 2. The molecule has 0 spiro atoms. The van der Waals surface area contributed by atoms with E-state index in [-0.39, 0.29) is 5.41 Å². The Morgan fingerprint density at radius 3 is 2.61 bits per heavy atom. The number of guanidine groups is 1. The maximum absolute atomic E-state index is 10.5. The predicted octanol–water partition coefficient (Wildman–Crippen LogP) is 3.45. The lowest BCUT2D eigenvalue weighted by Crippen LogP contribution is -2.35. The highest BCUT2D eigenvalue weighted by molar-refractivity contribution is 7.98. The number of nitrogens with one attached hydrogen (secondary N) is 4. The number of imidazole rings is 1. The minimum absolute atomic E-state index is 0.0404. The molecule has 1 aliphatic heterocycles. The van der Waals surface area contributed by atoms with E-state index in [0.29, 0.717) is 11.7 Å². The summed E-state index contributed by atoms with van der Waals surface area (Å²) < 4.78 is 0. The number of aromatic amines is 1. The van der Waals surface area contributed by atoms with E-state index in [1.54, 1.807) is 25.1 Å². The van der Waals surface area contributed by atoms with Gasteiger partial charge in [0.2, 0.25) is 5.96 Å². The van der Waals surface area contributed by atoms with Crippen LogP contribution in [0, 0.1) is 32.2 Å². The zero-order chi connectivity index (χ0) is 26.7. The van der Waals surface area contributed by atoms with Gasteiger partial charge < -0.3 is 20.7 Å². The lowest BCUT2D eigenvalue weighted by atomic mass is 9.82. The number of phenolic OH excluding ortho intramolecular Hbond substituents is 1. The van der Waals surface area contributed by atoms with Gasteiger partial charge in [0.05, 0.1) is 18.6 Å². The molecule has 1 aliphatic rings. The van der Waals surface area contributed by atoms with Gasteiger partial charge in [0.25, 0.3) is 0 Å². The lowest BCUT2D eigenvalue weighted by Gasteiger charge is -2.24. The lowest BCUT2D eigenvalue weighted by molar-refractivity contribution is 0.442. The second-order valence-corrected chi connectivity index (χ2v) is 10.7. The van der Waals surface area contributed by atoms with Gasteiger partial charge >= 0.3 is 0 Å². The number of phenols is 1. The molecular formula is C26H40N8OS. The summed E-state index contributed by atoms with van der Waals surface area (Å²) in [7, 11) is 1.63. The summed E-state index contributed by atoms with van der Waals surface area (Å²) in [5.74, 6) is 3.80. The third-order valence-electron chi connectivity index (χ3n) is 5.91. The molecule has 5 N–H and O–H groups in total. The van der Waals surface area contributed by atoms with Crippen molar-refractivity contribution in [3.8, 4) is 11.9 Å².